The van der Waals surface area contributed by atoms with Gasteiger partial charge in [0.2, 0.25) is 11.8 Å². The van der Waals surface area contributed by atoms with E-state index in [1.165, 1.54) is 22.9 Å². The van der Waals surface area contributed by atoms with Crippen molar-refractivity contribution in [1.82, 2.24) is 20.4 Å². The quantitative estimate of drug-likeness (QED) is 0.789. The number of benzene rings is 1. The van der Waals surface area contributed by atoms with Crippen LogP contribution in [-0.4, -0.2) is 47.3 Å². The zero-order valence-corrected chi connectivity index (χ0v) is 15.4. The molecule has 130 valence electrons. The number of nitrogens with one attached hydrogen (secondary N) is 1. The molecule has 0 aliphatic carbocycles. The van der Waals surface area contributed by atoms with Crippen molar-refractivity contribution in [1.29, 1.82) is 0 Å². The van der Waals surface area contributed by atoms with Gasteiger partial charge in [0.05, 0.1) is 17.5 Å². The van der Waals surface area contributed by atoms with Crippen molar-refractivity contribution in [2.45, 2.75) is 25.6 Å². The number of nitrogens with zero attached hydrogens (tertiary/aromatic N) is 3. The van der Waals surface area contributed by atoms with Crippen LogP contribution < -0.4 is 5.32 Å². The van der Waals surface area contributed by atoms with Gasteiger partial charge >= 0.3 is 0 Å². The van der Waals surface area contributed by atoms with Crippen LogP contribution in [0.2, 0.25) is 0 Å². The number of hydrogen-bond acceptors (Lipinski definition) is 6. The van der Waals surface area contributed by atoms with Crippen LogP contribution in [-0.2, 0) is 10.5 Å². The van der Waals surface area contributed by atoms with Gasteiger partial charge < -0.3 is 14.7 Å². The van der Waals surface area contributed by atoms with Crippen molar-refractivity contribution in [3.05, 3.63) is 47.1 Å². The summed E-state index contributed by atoms with van der Waals surface area (Å²) in [7, 11) is 4.04. The smallest absolute Gasteiger partial charge is 0.230 e. The molecular weight excluding hydrogens is 324 g/mol. The van der Waals surface area contributed by atoms with Crippen molar-refractivity contribution >= 4 is 17.7 Å². The normalized spacial score (nSPS) is 12.4. The van der Waals surface area contributed by atoms with Crippen LogP contribution in [0.15, 0.2) is 28.8 Å². The molecule has 0 bridgehead atoms. The highest BCUT2D eigenvalue weighted by atomic mass is 32.2. The minimum absolute atomic E-state index is 0.0131. The molecule has 1 amide bonds. The number of hydrogen-bond donors (Lipinski definition) is 1. The van der Waals surface area contributed by atoms with E-state index in [1.54, 1.807) is 6.92 Å². The molecule has 1 aromatic heterocycles. The molecule has 0 aliphatic heterocycles. The number of carbonyl (C=O) groups excluding carboxylic acids is 1. The molecule has 1 unspecified atom stereocenters. The first-order chi connectivity index (χ1) is 11.5. The van der Waals surface area contributed by atoms with Gasteiger partial charge in [0, 0.05) is 13.5 Å². The molecule has 1 atom stereocenters. The van der Waals surface area contributed by atoms with Gasteiger partial charge in [-0.3, -0.25) is 4.79 Å². The monoisotopic (exact) mass is 348 g/mol. The lowest BCUT2D eigenvalue weighted by atomic mass is 10.0. The van der Waals surface area contributed by atoms with Crippen LogP contribution in [0.5, 0.6) is 0 Å². The minimum atomic E-state index is 0.0131. The summed E-state index contributed by atoms with van der Waals surface area (Å²) >= 11 is 1.47. The fraction of sp³-hybridized carbons (Fsp3) is 0.471. The van der Waals surface area contributed by atoms with E-state index in [0.717, 1.165) is 0 Å². The van der Waals surface area contributed by atoms with Crippen molar-refractivity contribution in [3.63, 3.8) is 0 Å². The number of aromatic nitrogens is 2. The predicted molar refractivity (Wildman–Crippen MR) is 95.8 cm³/mol. The molecule has 6 nitrogen and oxygen atoms in total. The van der Waals surface area contributed by atoms with Crippen LogP contribution >= 0.6 is 11.8 Å². The zero-order valence-electron chi connectivity index (χ0n) is 14.6. The van der Waals surface area contributed by atoms with E-state index in [0.29, 0.717) is 29.8 Å². The number of thioether (sulfide) groups is 1. The summed E-state index contributed by atoms with van der Waals surface area (Å²) in [6.07, 6.45) is 0. The zero-order chi connectivity index (χ0) is 17.5. The molecule has 7 heteroatoms. The van der Waals surface area contributed by atoms with Gasteiger partial charge in [0.25, 0.3) is 0 Å². The van der Waals surface area contributed by atoms with Gasteiger partial charge in [-0.1, -0.05) is 35.0 Å². The van der Waals surface area contributed by atoms with E-state index < -0.39 is 0 Å². The number of rotatable bonds is 8. The molecule has 0 fully saturated rings. The van der Waals surface area contributed by atoms with E-state index in [9.17, 15) is 4.79 Å². The molecule has 2 rings (SSSR count). The second kappa shape index (κ2) is 8.84. The third-order valence-corrected chi connectivity index (χ3v) is 4.54. The third-order valence-electron chi connectivity index (χ3n) is 3.61. The number of amides is 1. The summed E-state index contributed by atoms with van der Waals surface area (Å²) in [6, 6.07) is 8.56. The van der Waals surface area contributed by atoms with Crippen molar-refractivity contribution in [2.75, 3.05) is 26.4 Å². The first-order valence-corrected chi connectivity index (χ1v) is 8.98. The Balaban J connectivity index is 1.78. The van der Waals surface area contributed by atoms with Gasteiger partial charge in [-0.25, -0.2) is 0 Å². The summed E-state index contributed by atoms with van der Waals surface area (Å²) < 4.78 is 4.90. The maximum Gasteiger partial charge on any atom is 0.230 e. The Morgan fingerprint density at radius 2 is 2.00 bits per heavy atom. The maximum absolute atomic E-state index is 12.0. The summed E-state index contributed by atoms with van der Waals surface area (Å²) in [5, 5.41) is 6.81. The van der Waals surface area contributed by atoms with Gasteiger partial charge in [0.1, 0.15) is 0 Å². The van der Waals surface area contributed by atoms with Crippen molar-refractivity contribution < 1.29 is 9.32 Å². The second-order valence-corrected chi connectivity index (χ2v) is 6.90. The fourth-order valence-electron chi connectivity index (χ4n) is 2.28. The Kier molecular flexibility index (Phi) is 6.81. The molecule has 0 spiro atoms. The number of carbonyl (C=O) groups is 1. The van der Waals surface area contributed by atoms with Gasteiger partial charge in [-0.15, -0.1) is 11.8 Å². The summed E-state index contributed by atoms with van der Waals surface area (Å²) in [5.41, 5.74) is 2.43. The SMILES string of the molecule is Cc1ccc(C(CNC(=O)CSCc2noc(C)n2)N(C)C)cc1. The molecule has 2 aromatic rings. The Bertz CT molecular complexity index is 655. The molecule has 0 radical (unpaired) electrons. The first-order valence-electron chi connectivity index (χ1n) is 7.82. The largest absolute Gasteiger partial charge is 0.353 e. The third kappa shape index (κ3) is 5.65. The fourth-order valence-corrected chi connectivity index (χ4v) is 2.97. The molecule has 1 N–H and O–H groups in total. The molecule has 0 saturated carbocycles. The topological polar surface area (TPSA) is 71.3 Å². The minimum Gasteiger partial charge on any atom is -0.353 e. The van der Waals surface area contributed by atoms with Gasteiger partial charge in [-0.2, -0.15) is 4.98 Å². The standard InChI is InChI=1S/C17H24N4O2S/c1-12-5-7-14(8-6-12)15(21(3)4)9-18-17(22)11-24-10-16-19-13(2)23-20-16/h5-8,15H,9-11H2,1-4H3,(H,18,22). The van der Waals surface area contributed by atoms with Crippen LogP contribution in [0.3, 0.4) is 0 Å². The van der Waals surface area contributed by atoms with E-state index in [1.807, 2.05) is 14.1 Å². The van der Waals surface area contributed by atoms with Crippen molar-refractivity contribution in [2.24, 2.45) is 0 Å². The van der Waals surface area contributed by atoms with Crippen molar-refractivity contribution in [3.8, 4) is 0 Å². The van der Waals surface area contributed by atoms with Crippen LogP contribution in [0.4, 0.5) is 0 Å². The average molecular weight is 348 g/mol. The van der Waals surface area contributed by atoms with Crippen LogP contribution in [0.1, 0.15) is 28.9 Å². The molecule has 0 saturated heterocycles. The van der Waals surface area contributed by atoms with Crippen LogP contribution in [0.25, 0.3) is 0 Å². The Labute approximate surface area is 147 Å². The summed E-state index contributed by atoms with van der Waals surface area (Å²) in [6.45, 7) is 4.40. The van der Waals surface area contributed by atoms with E-state index in [2.05, 4.69) is 51.5 Å². The lowest BCUT2D eigenvalue weighted by Gasteiger charge is -2.25. The van der Waals surface area contributed by atoms with E-state index in [-0.39, 0.29) is 11.9 Å². The van der Waals surface area contributed by atoms with Gasteiger partial charge in [0.15, 0.2) is 5.82 Å². The lowest BCUT2D eigenvalue weighted by molar-refractivity contribution is -0.118. The summed E-state index contributed by atoms with van der Waals surface area (Å²) in [5.74, 6) is 2.12. The highest BCUT2D eigenvalue weighted by Gasteiger charge is 2.15. The maximum atomic E-state index is 12.0. The highest BCUT2D eigenvalue weighted by molar-refractivity contribution is 7.99. The van der Waals surface area contributed by atoms with E-state index >= 15 is 0 Å². The Morgan fingerprint density at radius 1 is 1.29 bits per heavy atom. The molecule has 1 aromatic carbocycles. The molecule has 1 heterocycles. The average Bonchev–Trinajstić information content (AvgIpc) is 2.94. The molecule has 24 heavy (non-hydrogen) atoms. The molecule has 0 aliphatic rings. The second-order valence-electron chi connectivity index (χ2n) is 5.92. The number of likely N-dealkylation sites (N-methyl/N-ethyl adjacent to an activating group) is 1. The molecular formula is C17H24N4O2S. The first kappa shape index (κ1) is 18.5. The van der Waals surface area contributed by atoms with Crippen LogP contribution in [0, 0.1) is 13.8 Å². The lowest BCUT2D eigenvalue weighted by Crippen LogP contribution is -2.35. The van der Waals surface area contributed by atoms with Gasteiger partial charge in [-0.05, 0) is 26.6 Å². The Morgan fingerprint density at radius 3 is 2.58 bits per heavy atom. The summed E-state index contributed by atoms with van der Waals surface area (Å²) in [4.78, 5) is 18.3. The highest BCUT2D eigenvalue weighted by Crippen LogP contribution is 2.18. The number of aryl methyl sites for hydroxylation is 2. The predicted octanol–water partition coefficient (Wildman–Crippen LogP) is 2.34. The van der Waals surface area contributed by atoms with E-state index in [4.69, 9.17) is 4.52 Å². The Hall–Kier alpha value is -1.86.